The molecule has 0 aliphatic heterocycles. The molecule has 0 amide bonds. The highest BCUT2D eigenvalue weighted by atomic mass is 16.1. The van der Waals surface area contributed by atoms with Crippen LogP contribution in [-0.4, -0.2) is 23.6 Å². The van der Waals surface area contributed by atoms with Gasteiger partial charge in [-0.1, -0.05) is 13.3 Å². The van der Waals surface area contributed by atoms with E-state index in [-0.39, 0.29) is 5.56 Å². The van der Waals surface area contributed by atoms with E-state index < -0.39 is 0 Å². The molecule has 1 aromatic heterocycles. The first-order chi connectivity index (χ1) is 6.76. The van der Waals surface area contributed by atoms with Crippen LogP contribution in [0.3, 0.4) is 0 Å². The summed E-state index contributed by atoms with van der Waals surface area (Å²) in [5.74, 6) is 0.773. The molecule has 2 N–H and O–H groups in total. The molecule has 0 spiro atoms. The van der Waals surface area contributed by atoms with Crippen LogP contribution in [0.1, 0.15) is 24.9 Å². The maximum atomic E-state index is 11.2. The summed E-state index contributed by atoms with van der Waals surface area (Å²) in [5, 5.41) is 3.03. The number of hydrogen-bond acceptors (Lipinski definition) is 3. The van der Waals surface area contributed by atoms with Crippen molar-refractivity contribution in [1.82, 2.24) is 15.3 Å². The van der Waals surface area contributed by atoms with E-state index in [1.807, 2.05) is 7.05 Å². The Labute approximate surface area is 83.8 Å². The third kappa shape index (κ3) is 3.30. The molecule has 1 rings (SSSR count). The van der Waals surface area contributed by atoms with E-state index in [0.717, 1.165) is 37.3 Å². The van der Waals surface area contributed by atoms with E-state index >= 15 is 0 Å². The highest BCUT2D eigenvalue weighted by molar-refractivity contribution is 5.03. The fourth-order valence-corrected chi connectivity index (χ4v) is 1.31. The molecular weight excluding hydrogens is 178 g/mol. The summed E-state index contributed by atoms with van der Waals surface area (Å²) in [6, 6.07) is 1.58. The lowest BCUT2D eigenvalue weighted by Gasteiger charge is -2.02. The molecule has 1 aromatic rings. The van der Waals surface area contributed by atoms with Crippen molar-refractivity contribution >= 4 is 0 Å². The summed E-state index contributed by atoms with van der Waals surface area (Å²) in [6.45, 7) is 2.91. The van der Waals surface area contributed by atoms with Gasteiger partial charge in [0.05, 0.1) is 0 Å². The second-order valence-corrected chi connectivity index (χ2v) is 3.29. The van der Waals surface area contributed by atoms with E-state index in [4.69, 9.17) is 0 Å². The standard InChI is InChI=1S/C10H17N3O/c1-3-4-8-7-10(14)13-9(12-8)5-6-11-2/h7,11H,3-6H2,1-2H3,(H,12,13,14). The quantitative estimate of drug-likeness (QED) is 0.718. The Morgan fingerprint density at radius 2 is 2.29 bits per heavy atom. The predicted molar refractivity (Wildman–Crippen MR) is 56.5 cm³/mol. The number of likely N-dealkylation sites (N-methyl/N-ethyl adjacent to an activating group) is 1. The first-order valence-corrected chi connectivity index (χ1v) is 5.00. The zero-order valence-corrected chi connectivity index (χ0v) is 8.76. The van der Waals surface area contributed by atoms with Gasteiger partial charge >= 0.3 is 0 Å². The van der Waals surface area contributed by atoms with Crippen LogP contribution < -0.4 is 10.9 Å². The lowest BCUT2D eigenvalue weighted by atomic mass is 10.2. The van der Waals surface area contributed by atoms with Crippen molar-refractivity contribution < 1.29 is 0 Å². The summed E-state index contributed by atoms with van der Waals surface area (Å²) < 4.78 is 0. The average molecular weight is 195 g/mol. The maximum Gasteiger partial charge on any atom is 0.251 e. The van der Waals surface area contributed by atoms with Crippen LogP contribution in [-0.2, 0) is 12.8 Å². The molecule has 14 heavy (non-hydrogen) atoms. The van der Waals surface area contributed by atoms with Gasteiger partial charge in [-0.25, -0.2) is 4.98 Å². The number of aromatic amines is 1. The van der Waals surface area contributed by atoms with Crippen molar-refractivity contribution in [3.05, 3.63) is 27.9 Å². The topological polar surface area (TPSA) is 57.8 Å². The third-order valence-corrected chi connectivity index (χ3v) is 1.96. The SMILES string of the molecule is CCCc1cc(=O)[nH]c(CCNC)n1. The first kappa shape index (κ1) is 10.9. The second kappa shape index (κ2) is 5.54. The molecule has 0 aliphatic rings. The zero-order valence-electron chi connectivity index (χ0n) is 8.76. The van der Waals surface area contributed by atoms with E-state index in [9.17, 15) is 4.79 Å². The molecule has 0 fully saturated rings. The Hall–Kier alpha value is -1.16. The van der Waals surface area contributed by atoms with Crippen molar-refractivity contribution in [2.45, 2.75) is 26.2 Å². The molecule has 0 unspecified atom stereocenters. The maximum absolute atomic E-state index is 11.2. The van der Waals surface area contributed by atoms with E-state index in [1.165, 1.54) is 0 Å². The highest BCUT2D eigenvalue weighted by Crippen LogP contribution is 1.96. The van der Waals surface area contributed by atoms with E-state index in [2.05, 4.69) is 22.2 Å². The van der Waals surface area contributed by atoms with Crippen molar-refractivity contribution in [3.63, 3.8) is 0 Å². The van der Waals surface area contributed by atoms with Gasteiger partial charge in [0, 0.05) is 24.7 Å². The Balaban J connectivity index is 2.78. The predicted octanol–water partition coefficient (Wildman–Crippen LogP) is 0.484. The van der Waals surface area contributed by atoms with Crippen molar-refractivity contribution in [1.29, 1.82) is 0 Å². The Morgan fingerprint density at radius 3 is 2.93 bits per heavy atom. The molecule has 0 radical (unpaired) electrons. The minimum atomic E-state index is -0.0467. The highest BCUT2D eigenvalue weighted by Gasteiger charge is 1.99. The van der Waals surface area contributed by atoms with E-state index in [0.29, 0.717) is 0 Å². The summed E-state index contributed by atoms with van der Waals surface area (Å²) in [6.07, 6.45) is 2.65. The summed E-state index contributed by atoms with van der Waals surface area (Å²) in [7, 11) is 1.88. The van der Waals surface area contributed by atoms with Gasteiger partial charge in [-0.3, -0.25) is 4.79 Å². The molecule has 0 atom stereocenters. The van der Waals surface area contributed by atoms with Gasteiger partial charge in [0.1, 0.15) is 5.82 Å². The van der Waals surface area contributed by atoms with Crippen LogP contribution in [0.4, 0.5) is 0 Å². The number of H-pyrrole nitrogens is 1. The Morgan fingerprint density at radius 1 is 1.50 bits per heavy atom. The number of hydrogen-bond donors (Lipinski definition) is 2. The number of aryl methyl sites for hydroxylation is 1. The van der Waals surface area contributed by atoms with Crippen molar-refractivity contribution in [2.75, 3.05) is 13.6 Å². The lowest BCUT2D eigenvalue weighted by Crippen LogP contribution is -2.17. The number of aromatic nitrogens is 2. The van der Waals surface area contributed by atoms with Crippen LogP contribution >= 0.6 is 0 Å². The summed E-state index contributed by atoms with van der Waals surface area (Å²) in [4.78, 5) is 18.3. The van der Waals surface area contributed by atoms with Gasteiger partial charge in [-0.2, -0.15) is 0 Å². The van der Waals surface area contributed by atoms with Gasteiger partial charge in [-0.05, 0) is 13.5 Å². The Bertz CT molecular complexity index is 332. The molecule has 0 aromatic carbocycles. The van der Waals surface area contributed by atoms with Gasteiger partial charge in [0.25, 0.3) is 5.56 Å². The molecule has 1 heterocycles. The van der Waals surface area contributed by atoms with Crippen LogP contribution in [0.25, 0.3) is 0 Å². The second-order valence-electron chi connectivity index (χ2n) is 3.29. The van der Waals surface area contributed by atoms with E-state index in [1.54, 1.807) is 6.07 Å². The zero-order chi connectivity index (χ0) is 10.4. The van der Waals surface area contributed by atoms with Crippen LogP contribution in [0, 0.1) is 0 Å². The minimum absolute atomic E-state index is 0.0467. The number of rotatable bonds is 5. The summed E-state index contributed by atoms with van der Waals surface area (Å²) in [5.41, 5.74) is 0.844. The van der Waals surface area contributed by atoms with Crippen LogP contribution in [0.2, 0.25) is 0 Å². The van der Waals surface area contributed by atoms with Crippen molar-refractivity contribution in [2.24, 2.45) is 0 Å². The van der Waals surface area contributed by atoms with Gasteiger partial charge in [0.15, 0.2) is 0 Å². The molecule has 0 saturated heterocycles. The van der Waals surface area contributed by atoms with Gasteiger partial charge in [-0.15, -0.1) is 0 Å². The normalized spacial score (nSPS) is 10.4. The van der Waals surface area contributed by atoms with Crippen molar-refractivity contribution in [3.8, 4) is 0 Å². The lowest BCUT2D eigenvalue weighted by molar-refractivity contribution is 0.737. The minimum Gasteiger partial charge on any atom is -0.319 e. The average Bonchev–Trinajstić information content (AvgIpc) is 2.14. The van der Waals surface area contributed by atoms with Gasteiger partial charge in [0.2, 0.25) is 0 Å². The van der Waals surface area contributed by atoms with Crippen LogP contribution in [0.15, 0.2) is 10.9 Å². The fourth-order valence-electron chi connectivity index (χ4n) is 1.31. The molecule has 0 saturated carbocycles. The smallest absolute Gasteiger partial charge is 0.251 e. The monoisotopic (exact) mass is 195 g/mol. The number of nitrogens with one attached hydrogen (secondary N) is 2. The summed E-state index contributed by atoms with van der Waals surface area (Å²) >= 11 is 0. The third-order valence-electron chi connectivity index (χ3n) is 1.96. The van der Waals surface area contributed by atoms with Gasteiger partial charge < -0.3 is 10.3 Å². The Kier molecular flexibility index (Phi) is 4.32. The molecule has 0 bridgehead atoms. The molecule has 4 heteroatoms. The molecule has 4 nitrogen and oxygen atoms in total. The molecule has 78 valence electrons. The molecular formula is C10H17N3O. The largest absolute Gasteiger partial charge is 0.319 e. The number of nitrogens with zero attached hydrogens (tertiary/aromatic N) is 1. The van der Waals surface area contributed by atoms with Crippen LogP contribution in [0.5, 0.6) is 0 Å². The molecule has 0 aliphatic carbocycles. The first-order valence-electron chi connectivity index (χ1n) is 5.00. The fraction of sp³-hybridized carbons (Fsp3) is 0.600.